The molecule has 0 fully saturated rings. The molecule has 0 aromatic carbocycles. The second kappa shape index (κ2) is 3.51. The number of rotatable bonds is 2. The summed E-state index contributed by atoms with van der Waals surface area (Å²) in [6.45, 7) is 0. The Kier molecular flexibility index (Phi) is 4.09. The molecule has 0 nitrogen and oxygen atoms in total. The van der Waals surface area contributed by atoms with E-state index in [1.807, 2.05) is 0 Å². The van der Waals surface area contributed by atoms with E-state index >= 15 is 0 Å². The Morgan fingerprint density at radius 2 is 0.818 bits per heavy atom. The predicted octanol–water partition coefficient (Wildman–Crippen LogP) is 3.37. The van der Waals surface area contributed by atoms with Crippen LogP contribution >= 0.6 is 0 Å². The zero-order chi connectivity index (χ0) is 9.50. The first-order valence-electron chi connectivity index (χ1n) is 3.95. The third-order valence-corrected chi connectivity index (χ3v) is 186. The van der Waals surface area contributed by atoms with Gasteiger partial charge in [-0.25, -0.2) is 0 Å². The summed E-state index contributed by atoms with van der Waals surface area (Å²) in [5, 5.41) is 5.40. The monoisotopic (exact) mass is 467 g/mol. The molecule has 0 rings (SSSR count). The van der Waals surface area contributed by atoms with Crippen molar-refractivity contribution in [2.45, 2.75) is 44.9 Å². The van der Waals surface area contributed by atoms with Crippen molar-refractivity contribution in [2.24, 2.45) is 0 Å². The Hall–Kier alpha value is 1.81. The molecule has 0 aromatic rings. The van der Waals surface area contributed by atoms with E-state index in [1.165, 1.54) is 0 Å². The molecule has 0 aliphatic rings. The Morgan fingerprint density at radius 1 is 0.636 bits per heavy atom. The summed E-state index contributed by atoms with van der Waals surface area (Å²) in [7, 11) is -2.49. The van der Waals surface area contributed by atoms with Gasteiger partial charge in [-0.05, 0) is 0 Å². The van der Waals surface area contributed by atoms with Crippen molar-refractivity contribution in [3.8, 4) is 0 Å². The molecule has 0 saturated heterocycles. The molecular weight excluding hydrogens is 441 g/mol. The summed E-state index contributed by atoms with van der Waals surface area (Å²) in [5.74, 6) is 0. The van der Waals surface area contributed by atoms with Gasteiger partial charge in [0, 0.05) is 0 Å². The molecule has 0 radical (unpaired) electrons. The van der Waals surface area contributed by atoms with Crippen molar-refractivity contribution in [2.75, 3.05) is 0 Å². The molecular formula is C8H26As2Pt. The fraction of sp³-hybridized carbons (Fsp3) is 1.00. The quantitative estimate of drug-likeness (QED) is 0.547. The second-order valence-electron chi connectivity index (χ2n) is 4.98. The van der Waals surface area contributed by atoms with Gasteiger partial charge in [0.05, 0.1) is 0 Å². The third kappa shape index (κ3) is 2.89. The topological polar surface area (TPSA) is 0 Å². The average molecular weight is 467 g/mol. The maximum atomic E-state index is 2.70. The van der Waals surface area contributed by atoms with Crippen molar-refractivity contribution >= 4 is 21.7 Å². The van der Waals surface area contributed by atoms with Crippen LogP contribution < -0.4 is 0 Å². The maximum absolute atomic E-state index is 2.70. The molecule has 0 amide bonds. The molecule has 0 aliphatic carbocycles. The van der Waals surface area contributed by atoms with Gasteiger partial charge in [-0.2, -0.15) is 0 Å². The Balaban J connectivity index is 4.75. The van der Waals surface area contributed by atoms with Gasteiger partial charge >= 0.3 is 78.1 Å². The summed E-state index contributed by atoms with van der Waals surface area (Å²) in [6, 6.07) is 0. The molecule has 11 heavy (non-hydrogen) atoms. The molecule has 3 heteroatoms. The second-order valence-corrected chi connectivity index (χ2v) is 103. The molecule has 0 saturated carbocycles. The molecule has 78 valence electrons. The summed E-state index contributed by atoms with van der Waals surface area (Å²) in [5.41, 5.74) is 15.8. The van der Waals surface area contributed by atoms with Crippen LogP contribution in [0, 0.1) is 0 Å². The summed E-state index contributed by atoms with van der Waals surface area (Å²) in [6.07, 6.45) is 0. The zero-order valence-electron chi connectivity index (χ0n) is 9.32. The van der Waals surface area contributed by atoms with Crippen LogP contribution in [0.15, 0.2) is 0 Å². The van der Waals surface area contributed by atoms with E-state index in [1.54, 1.807) is 0 Å². The van der Waals surface area contributed by atoms with E-state index in [4.69, 9.17) is 0 Å². The van der Waals surface area contributed by atoms with E-state index < -0.39 is 33.2 Å². The number of hydrogen-bond acceptors (Lipinski definition) is 0. The Bertz CT molecular complexity index is 123. The van der Waals surface area contributed by atoms with Gasteiger partial charge in [-0.1, -0.05) is 0 Å². The predicted molar refractivity (Wildman–Crippen MR) is 61.2 cm³/mol. The molecule has 0 bridgehead atoms. The summed E-state index contributed by atoms with van der Waals surface area (Å²) >= 11 is -1.18. The van der Waals surface area contributed by atoms with Crippen LogP contribution in [0.5, 0.6) is 0 Å². The van der Waals surface area contributed by atoms with Gasteiger partial charge in [0.15, 0.2) is 0 Å². The fourth-order valence-corrected chi connectivity index (χ4v) is 157. The number of hydrogen-bond donors (Lipinski definition) is 0. The van der Waals surface area contributed by atoms with E-state index in [0.29, 0.717) is 0 Å². The standard InChI is InChI=1S/2C3H10As.2CH3.Pt/c2*1-4(2)3;;;/h2*4H,1-3H3;2*1H3;/q2*+1;;;-2. The van der Waals surface area contributed by atoms with Crippen molar-refractivity contribution in [3.05, 3.63) is 0 Å². The van der Waals surface area contributed by atoms with Gasteiger partial charge in [0.1, 0.15) is 0 Å². The van der Waals surface area contributed by atoms with Gasteiger partial charge in [-0.3, -0.25) is 0 Å². The first kappa shape index (κ1) is 12.8. The molecule has 0 aromatic heterocycles. The van der Waals surface area contributed by atoms with Crippen LogP contribution in [0.1, 0.15) is 0 Å². The first-order valence-corrected chi connectivity index (χ1v) is 34.2. The van der Waals surface area contributed by atoms with Gasteiger partial charge < -0.3 is 0 Å². The van der Waals surface area contributed by atoms with Crippen LogP contribution in [-0.4, -0.2) is 21.7 Å². The summed E-state index contributed by atoms with van der Waals surface area (Å²) in [4.78, 5) is 0. The molecule has 0 aliphatic heterocycles. The average Bonchev–Trinajstić information content (AvgIpc) is 1.58. The van der Waals surface area contributed by atoms with Crippen LogP contribution in [-0.2, 0) is 11.5 Å². The molecule has 0 N–H and O–H groups in total. The Labute approximate surface area is 77.3 Å². The van der Waals surface area contributed by atoms with Crippen LogP contribution in [0.3, 0.4) is 0 Å². The minimum atomic E-state index is -1.25. The van der Waals surface area contributed by atoms with Crippen molar-refractivity contribution < 1.29 is 11.5 Å². The van der Waals surface area contributed by atoms with Gasteiger partial charge in [-0.15, -0.1) is 0 Å². The van der Waals surface area contributed by atoms with Crippen molar-refractivity contribution in [1.82, 2.24) is 0 Å². The van der Waals surface area contributed by atoms with Gasteiger partial charge in [0.2, 0.25) is 0 Å². The van der Waals surface area contributed by atoms with Gasteiger partial charge in [0.25, 0.3) is 0 Å². The fourth-order valence-electron chi connectivity index (χ4n) is 0.712. The van der Waals surface area contributed by atoms with E-state index in [2.05, 4.69) is 44.9 Å². The normalized spacial score (nSPS) is 19.6. The molecule has 0 atom stereocenters. The van der Waals surface area contributed by atoms with Crippen LogP contribution in [0.2, 0.25) is 44.9 Å². The Morgan fingerprint density at radius 3 is 0.818 bits per heavy atom. The first-order chi connectivity index (χ1) is 4.50. The van der Waals surface area contributed by atoms with E-state index in [-0.39, 0.29) is 0 Å². The molecule has 0 unspecified atom stereocenters. The van der Waals surface area contributed by atoms with Crippen LogP contribution in [0.25, 0.3) is 0 Å². The van der Waals surface area contributed by atoms with Crippen molar-refractivity contribution in [1.29, 1.82) is 0 Å². The minimum absolute atomic E-state index is 1.18. The SMILES string of the molecule is C[AsH](C)(C)[Pt]([CH3])([CH3])[AsH](C)(C)C. The summed E-state index contributed by atoms with van der Waals surface area (Å²) < 4.78 is 0. The third-order valence-electron chi connectivity index (χ3n) is 2.37. The molecule has 0 spiro atoms. The van der Waals surface area contributed by atoms with E-state index in [9.17, 15) is 0 Å². The zero-order valence-corrected chi connectivity index (χ0v) is 15.8. The van der Waals surface area contributed by atoms with Crippen molar-refractivity contribution in [3.63, 3.8) is 0 Å². The molecule has 0 heterocycles. The van der Waals surface area contributed by atoms with E-state index in [0.717, 1.165) is 0 Å². The van der Waals surface area contributed by atoms with Crippen LogP contribution in [0.4, 0.5) is 0 Å².